The highest BCUT2D eigenvalue weighted by atomic mass is 35.5. The summed E-state index contributed by atoms with van der Waals surface area (Å²) in [5, 5.41) is 2.21. The Morgan fingerprint density at radius 3 is 2.19 bits per heavy atom. The summed E-state index contributed by atoms with van der Waals surface area (Å²) in [6.07, 6.45) is -0.333. The second-order valence-corrected chi connectivity index (χ2v) is 5.84. The number of nitrogens with one attached hydrogen (secondary N) is 1. The zero-order chi connectivity index (χ0) is 19.3. The molecule has 0 saturated carbocycles. The molecular formula is C18H16ClF3N2O2. The van der Waals surface area contributed by atoms with Crippen LogP contribution in [0, 0.1) is 17.5 Å². The average Bonchev–Trinajstić information content (AvgIpc) is 2.59. The smallest absolute Gasteiger partial charge is 0.244 e. The molecule has 0 aliphatic carbocycles. The van der Waals surface area contributed by atoms with Gasteiger partial charge in [0.05, 0.1) is 13.0 Å². The number of hydrogen-bond donors (Lipinski definition) is 1. The first-order valence-electron chi connectivity index (χ1n) is 7.78. The SMILES string of the molecule is CCN(CC(=O)Nc1c(F)cccc1F)C(=O)Cc1c(F)cccc1Cl. The molecule has 2 rings (SSSR count). The third-order valence-electron chi connectivity index (χ3n) is 3.69. The number of benzene rings is 2. The number of nitrogens with zero attached hydrogens (tertiary/aromatic N) is 1. The molecule has 138 valence electrons. The number of rotatable bonds is 6. The first-order valence-corrected chi connectivity index (χ1v) is 8.15. The average molecular weight is 385 g/mol. The molecule has 2 aromatic carbocycles. The minimum absolute atomic E-state index is 0.0261. The van der Waals surface area contributed by atoms with Gasteiger partial charge in [0.25, 0.3) is 0 Å². The van der Waals surface area contributed by atoms with Crippen molar-refractivity contribution in [2.75, 3.05) is 18.4 Å². The molecule has 0 spiro atoms. The van der Waals surface area contributed by atoms with E-state index < -0.39 is 41.5 Å². The molecule has 2 aromatic rings. The molecule has 0 aliphatic rings. The van der Waals surface area contributed by atoms with Crippen LogP contribution in [0.2, 0.25) is 5.02 Å². The van der Waals surface area contributed by atoms with Crippen molar-refractivity contribution in [3.05, 3.63) is 64.4 Å². The maximum absolute atomic E-state index is 13.8. The number of carbonyl (C=O) groups is 2. The summed E-state index contributed by atoms with van der Waals surface area (Å²) in [5.74, 6) is -3.79. The van der Waals surface area contributed by atoms with E-state index >= 15 is 0 Å². The highest BCUT2D eigenvalue weighted by molar-refractivity contribution is 6.31. The van der Waals surface area contributed by atoms with E-state index in [1.807, 2.05) is 0 Å². The molecule has 8 heteroatoms. The lowest BCUT2D eigenvalue weighted by Gasteiger charge is -2.21. The largest absolute Gasteiger partial charge is 0.333 e. The van der Waals surface area contributed by atoms with Crippen LogP contribution in [0.15, 0.2) is 36.4 Å². The maximum atomic E-state index is 13.8. The van der Waals surface area contributed by atoms with E-state index in [4.69, 9.17) is 11.6 Å². The van der Waals surface area contributed by atoms with Crippen molar-refractivity contribution in [3.8, 4) is 0 Å². The van der Waals surface area contributed by atoms with Gasteiger partial charge >= 0.3 is 0 Å². The summed E-state index contributed by atoms with van der Waals surface area (Å²) in [6.45, 7) is 1.34. The Kier molecular flexibility index (Phi) is 6.63. The zero-order valence-corrected chi connectivity index (χ0v) is 14.6. The summed E-state index contributed by atoms with van der Waals surface area (Å²) in [5.41, 5.74) is -0.559. The summed E-state index contributed by atoms with van der Waals surface area (Å²) in [7, 11) is 0. The third kappa shape index (κ3) is 4.76. The van der Waals surface area contributed by atoms with Gasteiger partial charge in [0.15, 0.2) is 0 Å². The molecule has 1 N–H and O–H groups in total. The van der Waals surface area contributed by atoms with Gasteiger partial charge in [0, 0.05) is 17.1 Å². The lowest BCUT2D eigenvalue weighted by molar-refractivity contribution is -0.133. The monoisotopic (exact) mass is 384 g/mol. The van der Waals surface area contributed by atoms with Crippen LogP contribution < -0.4 is 5.32 Å². The quantitative estimate of drug-likeness (QED) is 0.823. The predicted octanol–water partition coefficient (Wildman–Crippen LogP) is 3.79. The van der Waals surface area contributed by atoms with Gasteiger partial charge in [-0.15, -0.1) is 0 Å². The number of anilines is 1. The molecule has 0 bridgehead atoms. The fraction of sp³-hybridized carbons (Fsp3) is 0.222. The van der Waals surface area contributed by atoms with Crippen LogP contribution in [0.1, 0.15) is 12.5 Å². The third-order valence-corrected chi connectivity index (χ3v) is 4.04. The number of halogens is 4. The number of likely N-dealkylation sites (N-methyl/N-ethyl adjacent to an activating group) is 1. The molecule has 4 nitrogen and oxygen atoms in total. The number of carbonyl (C=O) groups excluding carboxylic acids is 2. The molecule has 0 aliphatic heterocycles. The van der Waals surface area contributed by atoms with Crippen LogP contribution in [0.4, 0.5) is 18.9 Å². The number of amides is 2. The van der Waals surface area contributed by atoms with Gasteiger partial charge in [-0.3, -0.25) is 9.59 Å². The predicted molar refractivity (Wildman–Crippen MR) is 92.4 cm³/mol. The van der Waals surface area contributed by atoms with Crippen molar-refractivity contribution in [2.45, 2.75) is 13.3 Å². The normalized spacial score (nSPS) is 10.5. The van der Waals surface area contributed by atoms with Gasteiger partial charge in [-0.25, -0.2) is 13.2 Å². The van der Waals surface area contributed by atoms with E-state index in [1.54, 1.807) is 6.92 Å². The van der Waals surface area contributed by atoms with Gasteiger partial charge in [-0.1, -0.05) is 23.7 Å². The van der Waals surface area contributed by atoms with E-state index in [9.17, 15) is 22.8 Å². The van der Waals surface area contributed by atoms with E-state index in [-0.39, 0.29) is 23.6 Å². The van der Waals surface area contributed by atoms with Crippen molar-refractivity contribution in [1.82, 2.24) is 4.90 Å². The van der Waals surface area contributed by atoms with E-state index in [1.165, 1.54) is 24.3 Å². The Labute approximate surface area is 153 Å². The molecule has 2 amide bonds. The number of hydrogen-bond acceptors (Lipinski definition) is 2. The molecule has 0 atom stereocenters. The Hall–Kier alpha value is -2.54. The Morgan fingerprint density at radius 1 is 1.04 bits per heavy atom. The summed E-state index contributed by atoms with van der Waals surface area (Å²) in [6, 6.07) is 7.22. The van der Waals surface area contributed by atoms with Gasteiger partial charge in [-0.2, -0.15) is 0 Å². The molecule has 0 saturated heterocycles. The Balaban J connectivity index is 2.06. The zero-order valence-electron chi connectivity index (χ0n) is 13.9. The highest BCUT2D eigenvalue weighted by Gasteiger charge is 2.20. The minimum Gasteiger partial charge on any atom is -0.333 e. The van der Waals surface area contributed by atoms with Crippen molar-refractivity contribution < 1.29 is 22.8 Å². The minimum atomic E-state index is -0.925. The van der Waals surface area contributed by atoms with Gasteiger partial charge in [0.1, 0.15) is 23.1 Å². The summed E-state index contributed by atoms with van der Waals surface area (Å²) < 4.78 is 40.9. The fourth-order valence-electron chi connectivity index (χ4n) is 2.31. The van der Waals surface area contributed by atoms with Crippen molar-refractivity contribution in [2.24, 2.45) is 0 Å². The van der Waals surface area contributed by atoms with Crippen LogP contribution in [0.5, 0.6) is 0 Å². The Bertz CT molecular complexity index is 790. The van der Waals surface area contributed by atoms with E-state index in [0.29, 0.717) is 0 Å². The van der Waals surface area contributed by atoms with Crippen LogP contribution in [0.3, 0.4) is 0 Å². The second-order valence-electron chi connectivity index (χ2n) is 5.43. The lowest BCUT2D eigenvalue weighted by atomic mass is 10.1. The molecule has 0 aromatic heterocycles. The molecule has 0 unspecified atom stereocenters. The highest BCUT2D eigenvalue weighted by Crippen LogP contribution is 2.20. The second kappa shape index (κ2) is 8.71. The molecule has 0 fully saturated rings. The summed E-state index contributed by atoms with van der Waals surface area (Å²) >= 11 is 5.90. The first kappa shape index (κ1) is 19.8. The molecule has 26 heavy (non-hydrogen) atoms. The van der Waals surface area contributed by atoms with Crippen LogP contribution in [-0.2, 0) is 16.0 Å². The van der Waals surface area contributed by atoms with Crippen LogP contribution >= 0.6 is 11.6 Å². The lowest BCUT2D eigenvalue weighted by Crippen LogP contribution is -2.39. The van der Waals surface area contributed by atoms with E-state index in [0.717, 1.165) is 17.0 Å². The van der Waals surface area contributed by atoms with Gasteiger partial charge < -0.3 is 10.2 Å². The molecule has 0 heterocycles. The molecular weight excluding hydrogens is 369 g/mol. The van der Waals surface area contributed by atoms with E-state index in [2.05, 4.69) is 5.32 Å². The fourth-order valence-corrected chi connectivity index (χ4v) is 2.54. The van der Waals surface area contributed by atoms with Crippen molar-refractivity contribution >= 4 is 29.1 Å². The first-order chi connectivity index (χ1) is 12.3. The standard InChI is InChI=1S/C18H16ClF3N2O2/c1-2-24(17(26)9-11-12(19)5-3-6-13(11)20)10-16(25)23-18-14(21)7-4-8-15(18)22/h3-8H,2,9-10H2,1H3,(H,23,25). The van der Waals surface area contributed by atoms with Gasteiger partial charge in [-0.05, 0) is 31.2 Å². The maximum Gasteiger partial charge on any atom is 0.244 e. The van der Waals surface area contributed by atoms with Crippen LogP contribution in [-0.4, -0.2) is 29.8 Å². The molecule has 0 radical (unpaired) electrons. The Morgan fingerprint density at radius 2 is 1.62 bits per heavy atom. The number of para-hydroxylation sites is 1. The summed E-state index contributed by atoms with van der Waals surface area (Å²) in [4.78, 5) is 25.5. The van der Waals surface area contributed by atoms with Gasteiger partial charge in [0.2, 0.25) is 11.8 Å². The van der Waals surface area contributed by atoms with Crippen molar-refractivity contribution in [3.63, 3.8) is 0 Å². The van der Waals surface area contributed by atoms with Crippen LogP contribution in [0.25, 0.3) is 0 Å². The van der Waals surface area contributed by atoms with Crippen molar-refractivity contribution in [1.29, 1.82) is 0 Å². The topological polar surface area (TPSA) is 49.4 Å².